The molecular formula is C25H27N5. The van der Waals surface area contributed by atoms with Crippen molar-refractivity contribution in [3.8, 4) is 11.3 Å². The zero-order valence-corrected chi connectivity index (χ0v) is 17.2. The maximum atomic E-state index is 4.69. The number of fused-ring (bicyclic) bond motifs is 1. The molecule has 0 saturated carbocycles. The summed E-state index contributed by atoms with van der Waals surface area (Å²) in [5, 5.41) is 8.04. The van der Waals surface area contributed by atoms with Crippen LogP contribution in [-0.2, 0) is 6.42 Å². The van der Waals surface area contributed by atoms with Gasteiger partial charge < -0.3 is 10.2 Å². The van der Waals surface area contributed by atoms with Crippen LogP contribution in [0.4, 0.5) is 11.6 Å². The average molecular weight is 398 g/mol. The summed E-state index contributed by atoms with van der Waals surface area (Å²) in [7, 11) is 0. The molecule has 3 heterocycles. The molecule has 0 bridgehead atoms. The van der Waals surface area contributed by atoms with Crippen molar-refractivity contribution in [2.75, 3.05) is 25.0 Å². The third-order valence-corrected chi connectivity index (χ3v) is 5.78. The van der Waals surface area contributed by atoms with Gasteiger partial charge in [0.05, 0.1) is 5.69 Å². The van der Waals surface area contributed by atoms with Gasteiger partial charge in [0.25, 0.3) is 0 Å². The van der Waals surface area contributed by atoms with Crippen molar-refractivity contribution in [3.63, 3.8) is 0 Å². The number of nitrogens with zero attached hydrogens (tertiary/aromatic N) is 4. The molecule has 0 spiro atoms. The largest absolute Gasteiger partial charge is 0.323 e. The molecule has 5 heteroatoms. The molecular weight excluding hydrogens is 370 g/mol. The Morgan fingerprint density at radius 2 is 1.63 bits per heavy atom. The molecule has 0 unspecified atom stereocenters. The van der Waals surface area contributed by atoms with Crippen LogP contribution in [0.2, 0.25) is 0 Å². The predicted molar refractivity (Wildman–Crippen MR) is 122 cm³/mol. The normalized spacial score (nSPS) is 14.4. The topological polar surface area (TPSA) is 45.5 Å². The molecule has 0 aliphatic carbocycles. The van der Waals surface area contributed by atoms with Crippen molar-refractivity contribution in [2.24, 2.45) is 0 Å². The van der Waals surface area contributed by atoms with E-state index in [4.69, 9.17) is 0 Å². The van der Waals surface area contributed by atoms with E-state index in [1.54, 1.807) is 0 Å². The summed E-state index contributed by atoms with van der Waals surface area (Å²) in [5.74, 6) is 0.611. The predicted octanol–water partition coefficient (Wildman–Crippen LogP) is 5.17. The quantitative estimate of drug-likeness (QED) is 0.467. The minimum absolute atomic E-state index is 0.611. The standard InChI is InChI=1S/C25H27N5/c1-2-9-21(10-3-1)23-11-6-12-24-27-25(28-30(23)24)26-22-15-13-20(14-16-22)8-7-19-29-17-4-5-18-29/h1-3,6,9-16H,4-5,7-8,17-19H2,(H,26,28). The van der Waals surface area contributed by atoms with Crippen LogP contribution in [0.3, 0.4) is 0 Å². The molecule has 0 atom stereocenters. The van der Waals surface area contributed by atoms with E-state index in [0.717, 1.165) is 29.0 Å². The Hall–Kier alpha value is -3.18. The van der Waals surface area contributed by atoms with Crippen LogP contribution in [0.5, 0.6) is 0 Å². The highest BCUT2D eigenvalue weighted by Gasteiger charge is 2.11. The number of likely N-dealkylation sites (tertiary alicyclic amines) is 1. The monoisotopic (exact) mass is 397 g/mol. The van der Waals surface area contributed by atoms with Crippen LogP contribution >= 0.6 is 0 Å². The highest BCUT2D eigenvalue weighted by molar-refractivity contribution is 5.64. The lowest BCUT2D eigenvalue weighted by atomic mass is 10.1. The number of anilines is 2. The fourth-order valence-electron chi connectivity index (χ4n) is 4.18. The Kier molecular flexibility index (Phi) is 5.44. The number of nitrogens with one attached hydrogen (secondary N) is 1. The number of hydrogen-bond donors (Lipinski definition) is 1. The second kappa shape index (κ2) is 8.67. The second-order valence-electron chi connectivity index (χ2n) is 7.96. The molecule has 30 heavy (non-hydrogen) atoms. The van der Waals surface area contributed by atoms with E-state index in [2.05, 4.69) is 62.8 Å². The van der Waals surface area contributed by atoms with Gasteiger partial charge in [0, 0.05) is 11.3 Å². The molecule has 1 fully saturated rings. The first-order chi connectivity index (χ1) is 14.8. The third kappa shape index (κ3) is 4.21. The number of pyridine rings is 1. The molecule has 0 amide bonds. The zero-order chi connectivity index (χ0) is 20.2. The van der Waals surface area contributed by atoms with Gasteiger partial charge in [-0.15, -0.1) is 5.10 Å². The maximum Gasteiger partial charge on any atom is 0.247 e. The lowest BCUT2D eigenvalue weighted by molar-refractivity contribution is 0.334. The Morgan fingerprint density at radius 1 is 0.833 bits per heavy atom. The average Bonchev–Trinajstić information content (AvgIpc) is 3.45. The summed E-state index contributed by atoms with van der Waals surface area (Å²) in [6.45, 7) is 3.77. The van der Waals surface area contributed by atoms with Crippen LogP contribution in [-0.4, -0.2) is 39.1 Å². The number of hydrogen-bond acceptors (Lipinski definition) is 4. The summed E-state index contributed by atoms with van der Waals surface area (Å²) < 4.78 is 1.89. The Labute approximate surface area is 177 Å². The molecule has 0 radical (unpaired) electrons. The van der Waals surface area contributed by atoms with E-state index >= 15 is 0 Å². The van der Waals surface area contributed by atoms with Gasteiger partial charge in [-0.3, -0.25) is 0 Å². The van der Waals surface area contributed by atoms with E-state index in [1.165, 1.54) is 44.5 Å². The highest BCUT2D eigenvalue weighted by atomic mass is 15.4. The van der Waals surface area contributed by atoms with Gasteiger partial charge in [0.1, 0.15) is 0 Å². The van der Waals surface area contributed by atoms with E-state index < -0.39 is 0 Å². The van der Waals surface area contributed by atoms with Gasteiger partial charge in [-0.05, 0) is 75.1 Å². The van der Waals surface area contributed by atoms with Crippen molar-refractivity contribution < 1.29 is 0 Å². The van der Waals surface area contributed by atoms with Crippen molar-refractivity contribution in [1.29, 1.82) is 0 Å². The summed E-state index contributed by atoms with van der Waals surface area (Å²) in [4.78, 5) is 7.22. The lowest BCUT2D eigenvalue weighted by Gasteiger charge is -2.14. The fraction of sp³-hybridized carbons (Fsp3) is 0.280. The molecule has 1 aliphatic heterocycles. The number of benzene rings is 2. The van der Waals surface area contributed by atoms with Gasteiger partial charge >= 0.3 is 0 Å². The summed E-state index contributed by atoms with van der Waals surface area (Å²) in [6, 6.07) is 25.0. The Morgan fingerprint density at radius 3 is 2.43 bits per heavy atom. The SMILES string of the molecule is c1ccc(-c2cccc3nc(Nc4ccc(CCCN5CCCC5)cc4)nn23)cc1. The fourth-order valence-corrected chi connectivity index (χ4v) is 4.18. The van der Waals surface area contributed by atoms with Gasteiger partial charge in [-0.1, -0.05) is 48.5 Å². The lowest BCUT2D eigenvalue weighted by Crippen LogP contribution is -2.20. The van der Waals surface area contributed by atoms with Gasteiger partial charge in [0.15, 0.2) is 5.65 Å². The zero-order valence-electron chi connectivity index (χ0n) is 17.2. The molecule has 1 N–H and O–H groups in total. The van der Waals surface area contributed by atoms with Crippen LogP contribution in [0.1, 0.15) is 24.8 Å². The molecule has 2 aromatic carbocycles. The number of rotatable bonds is 7. The van der Waals surface area contributed by atoms with Gasteiger partial charge in [0.2, 0.25) is 5.95 Å². The van der Waals surface area contributed by atoms with E-state index in [1.807, 2.05) is 34.8 Å². The van der Waals surface area contributed by atoms with Gasteiger partial charge in [-0.2, -0.15) is 4.98 Å². The molecule has 2 aromatic heterocycles. The van der Waals surface area contributed by atoms with Crippen molar-refractivity contribution in [1.82, 2.24) is 19.5 Å². The Balaban J connectivity index is 1.26. The molecule has 5 nitrogen and oxygen atoms in total. The van der Waals surface area contributed by atoms with E-state index in [-0.39, 0.29) is 0 Å². The van der Waals surface area contributed by atoms with Crippen LogP contribution < -0.4 is 5.32 Å². The molecule has 1 saturated heterocycles. The number of aromatic nitrogens is 3. The first-order valence-electron chi connectivity index (χ1n) is 10.8. The van der Waals surface area contributed by atoms with Crippen LogP contribution in [0.25, 0.3) is 16.9 Å². The van der Waals surface area contributed by atoms with E-state index in [0.29, 0.717) is 5.95 Å². The molecule has 5 rings (SSSR count). The third-order valence-electron chi connectivity index (χ3n) is 5.78. The van der Waals surface area contributed by atoms with Crippen LogP contribution in [0, 0.1) is 0 Å². The summed E-state index contributed by atoms with van der Waals surface area (Å²) >= 11 is 0. The molecule has 152 valence electrons. The maximum absolute atomic E-state index is 4.69. The highest BCUT2D eigenvalue weighted by Crippen LogP contribution is 2.22. The number of aryl methyl sites for hydroxylation is 1. The first-order valence-corrected chi connectivity index (χ1v) is 10.8. The Bertz CT molecular complexity index is 1100. The molecule has 1 aliphatic rings. The van der Waals surface area contributed by atoms with Gasteiger partial charge in [-0.25, -0.2) is 4.52 Å². The van der Waals surface area contributed by atoms with E-state index in [9.17, 15) is 0 Å². The smallest absolute Gasteiger partial charge is 0.247 e. The van der Waals surface area contributed by atoms with Crippen molar-refractivity contribution in [3.05, 3.63) is 78.4 Å². The minimum atomic E-state index is 0.611. The summed E-state index contributed by atoms with van der Waals surface area (Å²) in [5.41, 5.74) is 5.38. The van der Waals surface area contributed by atoms with Crippen LogP contribution in [0.15, 0.2) is 72.8 Å². The molecule has 4 aromatic rings. The summed E-state index contributed by atoms with van der Waals surface area (Å²) in [6.07, 6.45) is 5.08. The minimum Gasteiger partial charge on any atom is -0.323 e. The van der Waals surface area contributed by atoms with Crippen molar-refractivity contribution in [2.45, 2.75) is 25.7 Å². The van der Waals surface area contributed by atoms with Crippen molar-refractivity contribution >= 4 is 17.3 Å². The second-order valence-corrected chi connectivity index (χ2v) is 7.96. The first kappa shape index (κ1) is 18.8.